The lowest BCUT2D eigenvalue weighted by molar-refractivity contribution is -0.141. The summed E-state index contributed by atoms with van der Waals surface area (Å²) in [5, 5.41) is -2.21. The third-order valence-electron chi connectivity index (χ3n) is 1.97. The van der Waals surface area contributed by atoms with Crippen LogP contribution in [0.2, 0.25) is 0 Å². The van der Waals surface area contributed by atoms with Gasteiger partial charge in [0.15, 0.2) is 10.2 Å². The van der Waals surface area contributed by atoms with E-state index in [0.29, 0.717) is 0 Å². The quantitative estimate of drug-likeness (QED) is 0.672. The van der Waals surface area contributed by atoms with Gasteiger partial charge in [-0.05, 0) is 6.42 Å². The summed E-state index contributed by atoms with van der Waals surface area (Å²) in [6, 6.07) is 0. The van der Waals surface area contributed by atoms with E-state index in [1.807, 2.05) is 0 Å². The van der Waals surface area contributed by atoms with Crippen LogP contribution in [-0.2, 0) is 28.7 Å². The Morgan fingerprint density at radius 3 is 1.37 bits per heavy atom. The van der Waals surface area contributed by atoms with E-state index in [4.69, 9.17) is 0 Å². The Bertz CT molecular complexity index is 334. The molecule has 0 rings (SSSR count). The van der Waals surface area contributed by atoms with Gasteiger partial charge in [-0.1, -0.05) is 23.5 Å². The highest BCUT2D eigenvalue weighted by Gasteiger charge is 2.31. The number of ether oxygens (including phenoxy) is 2. The van der Waals surface area contributed by atoms with Gasteiger partial charge in [-0.15, -0.1) is 0 Å². The van der Waals surface area contributed by atoms with Crippen LogP contribution in [0.1, 0.15) is 20.3 Å². The number of carbonyl (C=O) groups excluding carboxylic acids is 4. The summed E-state index contributed by atoms with van der Waals surface area (Å²) in [4.78, 5) is 45.2. The van der Waals surface area contributed by atoms with Crippen molar-refractivity contribution in [2.75, 3.05) is 14.2 Å². The lowest BCUT2D eigenvalue weighted by Gasteiger charge is -2.17. The van der Waals surface area contributed by atoms with Crippen molar-refractivity contribution in [3.63, 3.8) is 0 Å². The van der Waals surface area contributed by atoms with Crippen molar-refractivity contribution in [1.29, 1.82) is 0 Å². The van der Waals surface area contributed by atoms with E-state index in [-0.39, 0.29) is 16.7 Å². The number of hydrogen-bond acceptors (Lipinski definition) is 8. The average Bonchev–Trinajstić information content (AvgIpc) is 2.33. The summed E-state index contributed by atoms with van der Waals surface area (Å²) < 4.78 is 9.15. The van der Waals surface area contributed by atoms with Gasteiger partial charge >= 0.3 is 11.9 Å². The average molecular weight is 308 g/mol. The van der Waals surface area contributed by atoms with Gasteiger partial charge in [0.25, 0.3) is 0 Å². The van der Waals surface area contributed by atoms with Crippen LogP contribution in [0.25, 0.3) is 0 Å². The molecule has 0 unspecified atom stereocenters. The summed E-state index contributed by atoms with van der Waals surface area (Å²) in [6.45, 7) is 2.62. The Morgan fingerprint density at radius 2 is 1.16 bits per heavy atom. The van der Waals surface area contributed by atoms with E-state index in [9.17, 15) is 19.2 Å². The number of rotatable bonds is 6. The predicted molar refractivity (Wildman–Crippen MR) is 72.8 cm³/mol. The third-order valence-corrected chi connectivity index (χ3v) is 3.98. The van der Waals surface area contributed by atoms with E-state index in [1.165, 1.54) is 28.1 Å². The second-order valence-electron chi connectivity index (χ2n) is 3.48. The van der Waals surface area contributed by atoms with Gasteiger partial charge in [0.1, 0.15) is 10.5 Å². The molecule has 0 spiro atoms. The van der Waals surface area contributed by atoms with Gasteiger partial charge in [-0.2, -0.15) is 0 Å². The maximum atomic E-state index is 11.5. The highest BCUT2D eigenvalue weighted by atomic mass is 32.2. The fourth-order valence-corrected chi connectivity index (χ4v) is 3.13. The van der Waals surface area contributed by atoms with Crippen LogP contribution < -0.4 is 0 Å². The zero-order valence-electron chi connectivity index (χ0n) is 11.1. The normalized spacial score (nSPS) is 13.3. The zero-order chi connectivity index (χ0) is 15.0. The first-order valence-corrected chi connectivity index (χ1v) is 7.07. The molecule has 0 aromatic rings. The standard InChI is InChI=1S/C11H16O6S2/c1-6(12)18-8(10(14)16-3)5-9(11(15)17-4)19-7(2)13/h8-9H,5H2,1-4H3/t8-,9+. The first-order valence-electron chi connectivity index (χ1n) is 5.31. The molecule has 19 heavy (non-hydrogen) atoms. The monoisotopic (exact) mass is 308 g/mol. The van der Waals surface area contributed by atoms with Crippen molar-refractivity contribution in [2.45, 2.75) is 30.8 Å². The number of thioether (sulfide) groups is 2. The Hall–Kier alpha value is -1.02. The Kier molecular flexibility index (Phi) is 8.49. The van der Waals surface area contributed by atoms with Crippen molar-refractivity contribution in [2.24, 2.45) is 0 Å². The van der Waals surface area contributed by atoms with Gasteiger partial charge in [0, 0.05) is 13.8 Å². The smallest absolute Gasteiger partial charge is 0.319 e. The molecule has 0 saturated carbocycles. The molecular weight excluding hydrogens is 292 g/mol. The Labute approximate surface area is 120 Å². The zero-order valence-corrected chi connectivity index (χ0v) is 12.8. The lowest BCUT2D eigenvalue weighted by atomic mass is 10.2. The minimum Gasteiger partial charge on any atom is -0.468 e. The van der Waals surface area contributed by atoms with Crippen LogP contribution in [0.5, 0.6) is 0 Å². The summed E-state index contributed by atoms with van der Waals surface area (Å²) in [5.41, 5.74) is 0. The van der Waals surface area contributed by atoms with E-state index in [1.54, 1.807) is 0 Å². The van der Waals surface area contributed by atoms with Crippen LogP contribution >= 0.6 is 23.5 Å². The van der Waals surface area contributed by atoms with Crippen LogP contribution in [0.3, 0.4) is 0 Å². The molecule has 0 aromatic heterocycles. The molecule has 0 aliphatic carbocycles. The molecule has 6 nitrogen and oxygen atoms in total. The molecular formula is C11H16O6S2. The maximum Gasteiger partial charge on any atom is 0.319 e. The van der Waals surface area contributed by atoms with Crippen LogP contribution in [0.15, 0.2) is 0 Å². The van der Waals surface area contributed by atoms with Gasteiger partial charge in [-0.25, -0.2) is 0 Å². The fourth-order valence-electron chi connectivity index (χ4n) is 1.24. The molecule has 0 fully saturated rings. The topological polar surface area (TPSA) is 86.7 Å². The first kappa shape index (κ1) is 18.0. The summed E-state index contributed by atoms with van der Waals surface area (Å²) in [7, 11) is 2.39. The highest BCUT2D eigenvalue weighted by Crippen LogP contribution is 2.26. The second-order valence-corrected chi connectivity index (χ2v) is 6.24. The van der Waals surface area contributed by atoms with Crippen molar-refractivity contribution in [3.05, 3.63) is 0 Å². The molecule has 0 bridgehead atoms. The molecule has 0 saturated heterocycles. The second kappa shape index (κ2) is 8.98. The first-order chi connectivity index (χ1) is 8.81. The van der Waals surface area contributed by atoms with Crippen LogP contribution in [0.4, 0.5) is 0 Å². The number of methoxy groups -OCH3 is 2. The predicted octanol–water partition coefficient (Wildman–Crippen LogP) is 1.02. The number of carbonyl (C=O) groups is 4. The minimum atomic E-state index is -0.835. The molecule has 0 radical (unpaired) electrons. The van der Waals surface area contributed by atoms with Crippen molar-refractivity contribution >= 4 is 45.7 Å². The van der Waals surface area contributed by atoms with Gasteiger partial charge in [0.05, 0.1) is 14.2 Å². The highest BCUT2D eigenvalue weighted by molar-refractivity contribution is 8.15. The van der Waals surface area contributed by atoms with Crippen molar-refractivity contribution < 1.29 is 28.7 Å². The SMILES string of the molecule is COC(=O)[C@H](C[C@@H](SC(C)=O)C(=O)OC)SC(C)=O. The molecule has 0 amide bonds. The minimum absolute atomic E-state index is 0.00611. The van der Waals surface area contributed by atoms with E-state index in [2.05, 4.69) is 9.47 Å². The lowest BCUT2D eigenvalue weighted by Crippen LogP contribution is -2.30. The Balaban J connectivity index is 4.90. The molecule has 0 N–H and O–H groups in total. The molecule has 8 heteroatoms. The van der Waals surface area contributed by atoms with E-state index < -0.39 is 22.4 Å². The molecule has 2 atom stereocenters. The maximum absolute atomic E-state index is 11.5. The van der Waals surface area contributed by atoms with Crippen LogP contribution in [0, 0.1) is 0 Å². The third kappa shape index (κ3) is 7.22. The summed E-state index contributed by atoms with van der Waals surface area (Å²) in [5.74, 6) is -1.23. The number of esters is 2. The van der Waals surface area contributed by atoms with E-state index in [0.717, 1.165) is 23.5 Å². The van der Waals surface area contributed by atoms with Gasteiger partial charge in [0.2, 0.25) is 0 Å². The number of hydrogen-bond donors (Lipinski definition) is 0. The molecule has 0 aliphatic rings. The molecule has 108 valence electrons. The largest absolute Gasteiger partial charge is 0.468 e. The van der Waals surface area contributed by atoms with Crippen molar-refractivity contribution in [3.8, 4) is 0 Å². The molecule has 0 aromatic carbocycles. The Morgan fingerprint density at radius 1 is 0.842 bits per heavy atom. The van der Waals surface area contributed by atoms with Gasteiger partial charge in [-0.3, -0.25) is 19.2 Å². The summed E-state index contributed by atoms with van der Waals surface area (Å²) >= 11 is 1.54. The van der Waals surface area contributed by atoms with Crippen LogP contribution in [-0.4, -0.2) is 46.9 Å². The fraction of sp³-hybridized carbons (Fsp3) is 0.636. The molecule has 0 heterocycles. The molecule has 0 aliphatic heterocycles. The van der Waals surface area contributed by atoms with E-state index >= 15 is 0 Å². The van der Waals surface area contributed by atoms with Gasteiger partial charge < -0.3 is 9.47 Å². The summed E-state index contributed by atoms with van der Waals surface area (Å²) in [6.07, 6.45) is -0.00611. The van der Waals surface area contributed by atoms with Crippen molar-refractivity contribution in [1.82, 2.24) is 0 Å².